The van der Waals surface area contributed by atoms with E-state index in [4.69, 9.17) is 4.74 Å². The molecule has 2 nitrogen and oxygen atoms in total. The fourth-order valence-corrected chi connectivity index (χ4v) is 2.30. The van der Waals surface area contributed by atoms with Gasteiger partial charge < -0.3 is 4.74 Å². The van der Waals surface area contributed by atoms with Gasteiger partial charge in [-0.1, -0.05) is 34.6 Å². The zero-order valence-corrected chi connectivity index (χ0v) is 9.20. The highest BCUT2D eigenvalue weighted by Gasteiger charge is 2.44. The van der Waals surface area contributed by atoms with Crippen molar-refractivity contribution < 1.29 is 9.53 Å². The molecule has 1 rings (SSSR count). The van der Waals surface area contributed by atoms with Crippen molar-refractivity contribution in [1.29, 1.82) is 0 Å². The van der Waals surface area contributed by atoms with E-state index in [1.807, 2.05) is 6.92 Å². The molecule has 1 aliphatic rings. The first-order valence-corrected chi connectivity index (χ1v) is 5.15. The van der Waals surface area contributed by atoms with Crippen LogP contribution in [0.15, 0.2) is 0 Å². The highest BCUT2D eigenvalue weighted by atomic mass is 16.6. The highest BCUT2D eigenvalue weighted by molar-refractivity contribution is 5.74. The van der Waals surface area contributed by atoms with Crippen molar-refractivity contribution in [1.82, 2.24) is 0 Å². The summed E-state index contributed by atoms with van der Waals surface area (Å²) >= 11 is 0. The average Bonchev–Trinajstić information content (AvgIpc) is 2.28. The molecule has 0 bridgehead atoms. The van der Waals surface area contributed by atoms with Gasteiger partial charge in [-0.25, -0.2) is 0 Å². The summed E-state index contributed by atoms with van der Waals surface area (Å²) < 4.78 is 5.37. The normalized spacial score (nSPS) is 34.4. The van der Waals surface area contributed by atoms with Crippen molar-refractivity contribution in [3.63, 3.8) is 0 Å². The third-order valence-corrected chi connectivity index (χ3v) is 3.01. The quantitative estimate of drug-likeness (QED) is 0.616. The SMILES string of the molecule is CC(C)C1OC(=O)C(C)C1C(C)C. The molecule has 13 heavy (non-hydrogen) atoms. The minimum Gasteiger partial charge on any atom is -0.462 e. The molecule has 1 heterocycles. The Morgan fingerprint density at radius 1 is 1.15 bits per heavy atom. The van der Waals surface area contributed by atoms with E-state index in [1.165, 1.54) is 0 Å². The van der Waals surface area contributed by atoms with Crippen molar-refractivity contribution in [3.05, 3.63) is 0 Å². The summed E-state index contributed by atoms with van der Waals surface area (Å²) in [6.07, 6.45) is 0.127. The molecule has 0 N–H and O–H groups in total. The Labute approximate surface area is 80.7 Å². The lowest BCUT2D eigenvalue weighted by Crippen LogP contribution is -2.28. The predicted octanol–water partition coefficient (Wildman–Crippen LogP) is 2.48. The second-order valence-corrected chi connectivity index (χ2v) is 4.76. The van der Waals surface area contributed by atoms with Crippen LogP contribution in [0.25, 0.3) is 0 Å². The van der Waals surface area contributed by atoms with Crippen LogP contribution in [0, 0.1) is 23.7 Å². The van der Waals surface area contributed by atoms with Crippen LogP contribution in [-0.2, 0) is 9.53 Å². The highest BCUT2D eigenvalue weighted by Crippen LogP contribution is 2.37. The molecule has 0 aromatic rings. The monoisotopic (exact) mass is 184 g/mol. The first-order valence-electron chi connectivity index (χ1n) is 5.15. The van der Waals surface area contributed by atoms with Crippen LogP contribution < -0.4 is 0 Å². The molecule has 0 aromatic heterocycles. The van der Waals surface area contributed by atoms with Gasteiger partial charge in [-0.15, -0.1) is 0 Å². The van der Waals surface area contributed by atoms with Crippen LogP contribution in [0.3, 0.4) is 0 Å². The lowest BCUT2D eigenvalue weighted by Gasteiger charge is -2.25. The van der Waals surface area contributed by atoms with Crippen molar-refractivity contribution >= 4 is 5.97 Å². The minimum atomic E-state index is -0.0163. The van der Waals surface area contributed by atoms with Crippen molar-refractivity contribution in [2.24, 2.45) is 23.7 Å². The number of cyclic esters (lactones) is 1. The Morgan fingerprint density at radius 3 is 2.00 bits per heavy atom. The van der Waals surface area contributed by atoms with E-state index in [9.17, 15) is 4.79 Å². The molecule has 76 valence electrons. The van der Waals surface area contributed by atoms with Crippen LogP contribution in [-0.4, -0.2) is 12.1 Å². The minimum absolute atomic E-state index is 0.0163. The van der Waals surface area contributed by atoms with Gasteiger partial charge in [0.2, 0.25) is 0 Å². The topological polar surface area (TPSA) is 26.3 Å². The Kier molecular flexibility index (Phi) is 2.99. The molecule has 3 atom stereocenters. The van der Waals surface area contributed by atoms with Crippen LogP contribution in [0.5, 0.6) is 0 Å². The molecular formula is C11H20O2. The van der Waals surface area contributed by atoms with Crippen LogP contribution in [0.2, 0.25) is 0 Å². The first-order chi connectivity index (χ1) is 5.95. The lowest BCUT2D eigenvalue weighted by molar-refractivity contribution is -0.145. The van der Waals surface area contributed by atoms with Gasteiger partial charge in [-0.2, -0.15) is 0 Å². The van der Waals surface area contributed by atoms with Gasteiger partial charge in [-0.3, -0.25) is 4.79 Å². The van der Waals surface area contributed by atoms with Gasteiger partial charge in [0.05, 0.1) is 5.92 Å². The maximum atomic E-state index is 11.4. The Morgan fingerprint density at radius 2 is 1.69 bits per heavy atom. The molecule has 0 amide bonds. The second-order valence-electron chi connectivity index (χ2n) is 4.76. The molecule has 0 saturated carbocycles. The molecule has 0 aliphatic carbocycles. The zero-order valence-electron chi connectivity index (χ0n) is 9.20. The van der Waals surface area contributed by atoms with Gasteiger partial charge in [0, 0.05) is 5.92 Å². The summed E-state index contributed by atoms with van der Waals surface area (Å²) in [5.41, 5.74) is 0. The molecule has 0 radical (unpaired) electrons. The van der Waals surface area contributed by atoms with Crippen LogP contribution in [0.4, 0.5) is 0 Å². The fourth-order valence-electron chi connectivity index (χ4n) is 2.30. The average molecular weight is 184 g/mol. The zero-order chi connectivity index (χ0) is 10.2. The van der Waals surface area contributed by atoms with Gasteiger partial charge in [0.25, 0.3) is 0 Å². The van der Waals surface area contributed by atoms with E-state index in [0.717, 1.165) is 0 Å². The number of hydrogen-bond acceptors (Lipinski definition) is 2. The van der Waals surface area contributed by atoms with E-state index in [2.05, 4.69) is 27.7 Å². The predicted molar refractivity (Wildman–Crippen MR) is 52.2 cm³/mol. The van der Waals surface area contributed by atoms with Crippen LogP contribution in [0.1, 0.15) is 34.6 Å². The van der Waals surface area contributed by atoms with E-state index in [-0.39, 0.29) is 18.0 Å². The Bertz CT molecular complexity index is 196. The Balaban J connectivity index is 2.80. The number of carbonyl (C=O) groups excluding carboxylic acids is 1. The third-order valence-electron chi connectivity index (χ3n) is 3.01. The van der Waals surface area contributed by atoms with Crippen molar-refractivity contribution in [2.45, 2.75) is 40.7 Å². The molecular weight excluding hydrogens is 164 g/mol. The lowest BCUT2D eigenvalue weighted by atomic mass is 9.79. The van der Waals surface area contributed by atoms with Crippen molar-refractivity contribution in [3.8, 4) is 0 Å². The smallest absolute Gasteiger partial charge is 0.309 e. The van der Waals surface area contributed by atoms with E-state index < -0.39 is 0 Å². The molecule has 1 fully saturated rings. The van der Waals surface area contributed by atoms with Gasteiger partial charge in [0.1, 0.15) is 6.10 Å². The molecule has 3 unspecified atom stereocenters. The second kappa shape index (κ2) is 3.69. The van der Waals surface area contributed by atoms with Crippen molar-refractivity contribution in [2.75, 3.05) is 0 Å². The summed E-state index contributed by atoms with van der Waals surface area (Å²) in [5, 5.41) is 0. The number of rotatable bonds is 2. The van der Waals surface area contributed by atoms with Crippen LogP contribution >= 0.6 is 0 Å². The summed E-state index contributed by atoms with van der Waals surface area (Å²) in [6.45, 7) is 10.5. The van der Waals surface area contributed by atoms with Gasteiger partial charge >= 0.3 is 5.97 Å². The molecule has 0 spiro atoms. The number of esters is 1. The molecule has 1 aliphatic heterocycles. The summed E-state index contributed by atoms with van der Waals surface area (Å²) in [7, 11) is 0. The number of carbonyl (C=O) groups is 1. The number of hydrogen-bond donors (Lipinski definition) is 0. The largest absolute Gasteiger partial charge is 0.462 e. The maximum Gasteiger partial charge on any atom is 0.309 e. The number of ether oxygens (including phenoxy) is 1. The fraction of sp³-hybridized carbons (Fsp3) is 0.909. The van der Waals surface area contributed by atoms with Gasteiger partial charge in [0.15, 0.2) is 0 Å². The summed E-state index contributed by atoms with van der Waals surface area (Å²) in [4.78, 5) is 11.4. The maximum absolute atomic E-state index is 11.4. The summed E-state index contributed by atoms with van der Waals surface area (Å²) in [6, 6.07) is 0. The molecule has 1 saturated heterocycles. The molecule has 0 aromatic carbocycles. The standard InChI is InChI=1S/C11H20O2/c1-6(2)9-8(5)11(12)13-10(9)7(3)4/h6-10H,1-5H3. The first kappa shape index (κ1) is 10.6. The van der Waals surface area contributed by atoms with E-state index in [0.29, 0.717) is 17.8 Å². The Hall–Kier alpha value is -0.530. The summed E-state index contributed by atoms with van der Waals surface area (Å²) in [5.74, 6) is 1.41. The van der Waals surface area contributed by atoms with Gasteiger partial charge in [-0.05, 0) is 11.8 Å². The van der Waals surface area contributed by atoms with E-state index >= 15 is 0 Å². The van der Waals surface area contributed by atoms with E-state index in [1.54, 1.807) is 0 Å². The molecule has 2 heteroatoms. The third kappa shape index (κ3) is 1.87.